The summed E-state index contributed by atoms with van der Waals surface area (Å²) >= 11 is 3.56. The highest BCUT2D eigenvalue weighted by Crippen LogP contribution is 2.17. The predicted molar refractivity (Wildman–Crippen MR) is 125 cm³/mol. The van der Waals surface area contributed by atoms with E-state index in [4.69, 9.17) is 0 Å². The van der Waals surface area contributed by atoms with Crippen LogP contribution < -0.4 is 10.6 Å². The molecule has 2 rings (SSSR count). The van der Waals surface area contributed by atoms with E-state index >= 15 is 0 Å². The van der Waals surface area contributed by atoms with Crippen LogP contribution in [0.2, 0.25) is 0 Å². The monoisotopic (exact) mass is 545 g/mol. The van der Waals surface area contributed by atoms with Gasteiger partial charge in [-0.1, -0.05) is 40.2 Å². The van der Waals surface area contributed by atoms with Crippen molar-refractivity contribution >= 4 is 57.6 Å². The first kappa shape index (κ1) is 23.4. The molecular weight excluding hydrogens is 521 g/mol. The first-order chi connectivity index (χ1) is 12.5. The number of hydrogen-bond acceptors (Lipinski definition) is 3. The molecular formula is C19H25BrIN5O. The standard InChI is InChI=1S/C19H24BrN5O.HI/c1-14-8-9-17(23-12-14)24-18(26)10-11-22-19(21-2)25(3)13-15-6-4-5-7-16(15)20;/h4-9,12H,10-11,13H2,1-3H3,(H,21,22)(H,23,24,26);1H. The molecule has 2 N–H and O–H groups in total. The van der Waals surface area contributed by atoms with Gasteiger partial charge in [-0.05, 0) is 30.2 Å². The van der Waals surface area contributed by atoms with Crippen molar-refractivity contribution in [3.05, 3.63) is 58.2 Å². The van der Waals surface area contributed by atoms with Crippen LogP contribution in [-0.2, 0) is 11.3 Å². The summed E-state index contributed by atoms with van der Waals surface area (Å²) in [6.45, 7) is 3.16. The SMILES string of the molecule is CN=C(NCCC(=O)Nc1ccc(C)cn1)N(C)Cc1ccccc1Br.I. The van der Waals surface area contributed by atoms with Crippen molar-refractivity contribution in [2.75, 3.05) is 26.0 Å². The number of aliphatic imine (C=N–C) groups is 1. The van der Waals surface area contributed by atoms with Crippen molar-refractivity contribution in [3.8, 4) is 0 Å². The molecule has 0 bridgehead atoms. The van der Waals surface area contributed by atoms with Gasteiger partial charge in [-0.25, -0.2) is 4.98 Å². The number of guanidine groups is 1. The first-order valence-electron chi connectivity index (χ1n) is 8.37. The molecule has 1 amide bonds. The maximum Gasteiger partial charge on any atom is 0.227 e. The van der Waals surface area contributed by atoms with Crippen LogP contribution in [0.3, 0.4) is 0 Å². The number of carbonyl (C=O) groups excluding carboxylic acids is 1. The summed E-state index contributed by atoms with van der Waals surface area (Å²) in [4.78, 5) is 22.5. The summed E-state index contributed by atoms with van der Waals surface area (Å²) in [6, 6.07) is 11.8. The first-order valence-corrected chi connectivity index (χ1v) is 9.16. The van der Waals surface area contributed by atoms with Crippen molar-refractivity contribution in [2.24, 2.45) is 4.99 Å². The highest BCUT2D eigenvalue weighted by atomic mass is 127. The van der Waals surface area contributed by atoms with E-state index in [-0.39, 0.29) is 29.9 Å². The topological polar surface area (TPSA) is 69.6 Å². The van der Waals surface area contributed by atoms with Crippen LogP contribution in [0.5, 0.6) is 0 Å². The number of carbonyl (C=O) groups is 1. The molecule has 0 aliphatic heterocycles. The largest absolute Gasteiger partial charge is 0.356 e. The Labute approximate surface area is 186 Å². The van der Waals surface area contributed by atoms with Gasteiger partial charge in [0.25, 0.3) is 0 Å². The zero-order chi connectivity index (χ0) is 18.9. The molecule has 0 spiro atoms. The minimum absolute atomic E-state index is 0. The molecule has 0 fully saturated rings. The van der Waals surface area contributed by atoms with Gasteiger partial charge in [0.15, 0.2) is 5.96 Å². The zero-order valence-electron chi connectivity index (χ0n) is 15.7. The number of aryl methyl sites for hydroxylation is 1. The minimum Gasteiger partial charge on any atom is -0.356 e. The minimum atomic E-state index is -0.0854. The Hall–Kier alpha value is -1.68. The number of nitrogens with one attached hydrogen (secondary N) is 2. The molecule has 0 saturated carbocycles. The molecule has 0 saturated heterocycles. The van der Waals surface area contributed by atoms with E-state index in [1.165, 1.54) is 5.56 Å². The van der Waals surface area contributed by atoms with Gasteiger partial charge in [-0.15, -0.1) is 24.0 Å². The summed E-state index contributed by atoms with van der Waals surface area (Å²) in [5.41, 5.74) is 2.22. The smallest absolute Gasteiger partial charge is 0.227 e. The van der Waals surface area contributed by atoms with Crippen molar-refractivity contribution in [1.29, 1.82) is 0 Å². The number of rotatable bonds is 6. The highest BCUT2D eigenvalue weighted by Gasteiger charge is 2.09. The maximum absolute atomic E-state index is 12.0. The van der Waals surface area contributed by atoms with Crippen molar-refractivity contribution < 1.29 is 4.79 Å². The van der Waals surface area contributed by atoms with Crippen molar-refractivity contribution in [1.82, 2.24) is 15.2 Å². The number of aromatic nitrogens is 1. The summed E-state index contributed by atoms with van der Waals surface area (Å²) in [7, 11) is 3.69. The molecule has 0 aliphatic carbocycles. The van der Waals surface area contributed by atoms with Gasteiger partial charge < -0.3 is 15.5 Å². The number of halogens is 2. The Morgan fingerprint density at radius 2 is 2.00 bits per heavy atom. The van der Waals surface area contributed by atoms with Gasteiger partial charge in [0.05, 0.1) is 0 Å². The fraction of sp³-hybridized carbons (Fsp3) is 0.316. The van der Waals surface area contributed by atoms with E-state index in [9.17, 15) is 4.79 Å². The summed E-state index contributed by atoms with van der Waals surface area (Å²) in [5.74, 6) is 1.22. The van der Waals surface area contributed by atoms with E-state index in [1.807, 2.05) is 43.1 Å². The van der Waals surface area contributed by atoms with Crippen molar-refractivity contribution in [3.63, 3.8) is 0 Å². The fourth-order valence-electron chi connectivity index (χ4n) is 2.38. The van der Waals surface area contributed by atoms with Crippen LogP contribution in [0.1, 0.15) is 17.5 Å². The molecule has 1 aromatic carbocycles. The molecule has 0 aliphatic rings. The second kappa shape index (κ2) is 11.9. The normalized spacial score (nSPS) is 10.7. The third-order valence-corrected chi connectivity index (χ3v) is 4.53. The number of benzene rings is 1. The molecule has 1 heterocycles. The summed E-state index contributed by atoms with van der Waals surface area (Å²) < 4.78 is 1.06. The lowest BCUT2D eigenvalue weighted by atomic mass is 10.2. The maximum atomic E-state index is 12.0. The molecule has 0 atom stereocenters. The predicted octanol–water partition coefficient (Wildman–Crippen LogP) is 3.81. The third-order valence-electron chi connectivity index (χ3n) is 3.75. The Kier molecular flexibility index (Phi) is 10.3. The van der Waals surface area contributed by atoms with E-state index in [0.29, 0.717) is 25.3 Å². The fourth-order valence-corrected chi connectivity index (χ4v) is 2.79. The second-order valence-corrected chi connectivity index (χ2v) is 6.79. The lowest BCUT2D eigenvalue weighted by Crippen LogP contribution is -2.39. The van der Waals surface area contributed by atoms with Crippen LogP contribution in [0, 0.1) is 6.92 Å². The van der Waals surface area contributed by atoms with Crippen LogP contribution in [0.4, 0.5) is 5.82 Å². The molecule has 0 unspecified atom stereocenters. The van der Waals surface area contributed by atoms with E-state index < -0.39 is 0 Å². The lowest BCUT2D eigenvalue weighted by molar-refractivity contribution is -0.116. The Balaban J connectivity index is 0.00000364. The molecule has 8 heteroatoms. The highest BCUT2D eigenvalue weighted by molar-refractivity contribution is 14.0. The Bertz CT molecular complexity index is 767. The molecule has 146 valence electrons. The number of nitrogens with zero attached hydrogens (tertiary/aromatic N) is 3. The quantitative estimate of drug-likeness (QED) is 0.329. The Morgan fingerprint density at radius 1 is 1.26 bits per heavy atom. The summed E-state index contributed by atoms with van der Waals surface area (Å²) in [5, 5.41) is 6.00. The van der Waals surface area contributed by atoms with Gasteiger partial charge in [0.2, 0.25) is 5.91 Å². The van der Waals surface area contributed by atoms with Gasteiger partial charge in [0.1, 0.15) is 5.82 Å². The van der Waals surface area contributed by atoms with E-state index in [2.05, 4.69) is 42.6 Å². The van der Waals surface area contributed by atoms with Gasteiger partial charge in [-0.2, -0.15) is 0 Å². The number of hydrogen-bond donors (Lipinski definition) is 2. The lowest BCUT2D eigenvalue weighted by Gasteiger charge is -2.22. The van der Waals surface area contributed by atoms with Gasteiger partial charge in [0, 0.05) is 44.3 Å². The summed E-state index contributed by atoms with van der Waals surface area (Å²) in [6.07, 6.45) is 2.06. The van der Waals surface area contributed by atoms with Crippen molar-refractivity contribution in [2.45, 2.75) is 19.9 Å². The molecule has 27 heavy (non-hydrogen) atoms. The zero-order valence-corrected chi connectivity index (χ0v) is 19.6. The van der Waals surface area contributed by atoms with Crippen LogP contribution in [-0.4, -0.2) is 42.4 Å². The average molecular weight is 546 g/mol. The third kappa shape index (κ3) is 7.84. The molecule has 2 aromatic rings. The van der Waals surface area contributed by atoms with Crippen LogP contribution in [0.15, 0.2) is 52.1 Å². The second-order valence-electron chi connectivity index (χ2n) is 5.94. The number of amides is 1. The number of pyridine rings is 1. The van der Waals surface area contributed by atoms with Gasteiger partial charge >= 0.3 is 0 Å². The van der Waals surface area contributed by atoms with Gasteiger partial charge in [-0.3, -0.25) is 9.79 Å². The van der Waals surface area contributed by atoms with Crippen LogP contribution in [0.25, 0.3) is 0 Å². The van der Waals surface area contributed by atoms with E-state index in [1.54, 1.807) is 19.3 Å². The molecule has 0 radical (unpaired) electrons. The molecule has 6 nitrogen and oxygen atoms in total. The average Bonchev–Trinajstić information content (AvgIpc) is 2.62. The van der Waals surface area contributed by atoms with E-state index in [0.717, 1.165) is 16.0 Å². The molecule has 1 aromatic heterocycles. The Morgan fingerprint density at radius 3 is 2.63 bits per heavy atom. The van der Waals surface area contributed by atoms with Crippen LogP contribution >= 0.6 is 39.9 Å². The number of anilines is 1.